The van der Waals surface area contributed by atoms with Gasteiger partial charge in [-0.25, -0.2) is 0 Å². The number of hydrogen-bond acceptors (Lipinski definition) is 6. The lowest BCUT2D eigenvalue weighted by atomic mass is 10.3. The molecule has 0 saturated heterocycles. The molecule has 0 N–H and O–H groups in total. The molecule has 3 aromatic rings. The molecule has 0 unspecified atom stereocenters. The third-order valence-corrected chi connectivity index (χ3v) is 3.11. The highest BCUT2D eigenvalue weighted by Crippen LogP contribution is 1.96. The van der Waals surface area contributed by atoms with E-state index in [1.807, 2.05) is 42.5 Å². The zero-order valence-electron chi connectivity index (χ0n) is 16.1. The Morgan fingerprint density at radius 2 is 1.28 bits per heavy atom. The van der Waals surface area contributed by atoms with Crippen molar-refractivity contribution in [3.63, 3.8) is 0 Å². The van der Waals surface area contributed by atoms with E-state index in [0.29, 0.717) is 19.8 Å². The molecule has 6 nitrogen and oxygen atoms in total. The average molecular weight is 402 g/mol. The molecule has 0 bridgehead atoms. The van der Waals surface area contributed by atoms with E-state index < -0.39 is 0 Å². The van der Waals surface area contributed by atoms with Crippen molar-refractivity contribution in [1.82, 2.24) is 15.0 Å². The molecule has 6 heteroatoms. The molecule has 0 aliphatic carbocycles. The number of ether oxygens (including phenoxy) is 3. The van der Waals surface area contributed by atoms with Crippen molar-refractivity contribution in [2.45, 2.75) is 34.7 Å². The second kappa shape index (κ2) is 20.1. The molecule has 160 valence electrons. The van der Waals surface area contributed by atoms with E-state index in [-0.39, 0.29) is 14.9 Å². The molecule has 0 aliphatic rings. The summed E-state index contributed by atoms with van der Waals surface area (Å²) < 4.78 is 14.7. The number of aromatic nitrogens is 3. The first-order valence-electron chi connectivity index (χ1n) is 8.44. The van der Waals surface area contributed by atoms with Crippen molar-refractivity contribution >= 4 is 0 Å². The van der Waals surface area contributed by atoms with Gasteiger partial charge >= 0.3 is 0 Å². The average Bonchev–Trinajstić information content (AvgIpc) is 2.72. The quantitative estimate of drug-likeness (QED) is 0.582. The van der Waals surface area contributed by atoms with Gasteiger partial charge in [0.05, 0.1) is 25.5 Å². The molecule has 29 heavy (non-hydrogen) atoms. The zero-order valence-corrected chi connectivity index (χ0v) is 16.1. The molecule has 0 saturated carbocycles. The van der Waals surface area contributed by atoms with E-state index in [0.717, 1.165) is 16.8 Å². The van der Waals surface area contributed by atoms with Crippen LogP contribution in [0.5, 0.6) is 0 Å². The van der Waals surface area contributed by atoms with Gasteiger partial charge in [-0.05, 0) is 41.5 Å². The number of hydrogen-bond donors (Lipinski definition) is 0. The molecule has 0 aromatic carbocycles. The van der Waals surface area contributed by atoms with E-state index >= 15 is 0 Å². The molecule has 0 amide bonds. The lowest BCUT2D eigenvalue weighted by molar-refractivity contribution is 0.181. The Hall–Kier alpha value is -2.67. The molecule has 0 spiro atoms. The summed E-state index contributed by atoms with van der Waals surface area (Å²) in [6.45, 7) is 1.91. The Balaban J connectivity index is 0. The van der Waals surface area contributed by atoms with Gasteiger partial charge in [0.25, 0.3) is 0 Å². The van der Waals surface area contributed by atoms with Gasteiger partial charge < -0.3 is 14.2 Å². The first-order valence-corrected chi connectivity index (χ1v) is 8.44. The smallest absolute Gasteiger partial charge is 0.0884 e. The third kappa shape index (κ3) is 15.0. The predicted octanol–water partition coefficient (Wildman–Crippen LogP) is 4.96. The molecule has 0 fully saturated rings. The van der Waals surface area contributed by atoms with Crippen LogP contribution in [-0.2, 0) is 34.0 Å². The summed E-state index contributed by atoms with van der Waals surface area (Å²) in [4.78, 5) is 11.8. The third-order valence-electron chi connectivity index (χ3n) is 3.11. The summed E-state index contributed by atoms with van der Waals surface area (Å²) in [6, 6.07) is 13.5. The van der Waals surface area contributed by atoms with Crippen molar-refractivity contribution in [3.8, 4) is 0 Å². The van der Waals surface area contributed by atoms with E-state index in [2.05, 4.69) is 15.0 Å². The first-order chi connectivity index (χ1) is 13.3. The summed E-state index contributed by atoms with van der Waals surface area (Å²) >= 11 is 0. The maximum absolute atomic E-state index is 4.90. The Morgan fingerprint density at radius 3 is 1.79 bits per heavy atom. The van der Waals surface area contributed by atoms with Crippen LogP contribution in [0.25, 0.3) is 0 Å². The van der Waals surface area contributed by atoms with Gasteiger partial charge in [-0.15, -0.1) is 0 Å². The van der Waals surface area contributed by atoms with Crippen LogP contribution in [0.4, 0.5) is 0 Å². The monoisotopic (exact) mass is 401 g/mol. The van der Waals surface area contributed by atoms with Crippen molar-refractivity contribution in [2.75, 3.05) is 21.3 Å². The van der Waals surface area contributed by atoms with Crippen LogP contribution in [0.15, 0.2) is 73.4 Å². The van der Waals surface area contributed by atoms with Crippen LogP contribution in [0.1, 0.15) is 31.7 Å². The second-order valence-electron chi connectivity index (χ2n) is 5.34. The van der Waals surface area contributed by atoms with Crippen LogP contribution in [0, 0.1) is 0 Å². The van der Waals surface area contributed by atoms with Gasteiger partial charge in [-0.3, -0.25) is 15.0 Å². The van der Waals surface area contributed by atoms with E-state index in [9.17, 15) is 0 Å². The highest BCUT2D eigenvalue weighted by molar-refractivity contribution is 5.08. The van der Waals surface area contributed by atoms with E-state index in [1.54, 1.807) is 52.3 Å². The molecule has 3 aromatic heterocycles. The van der Waals surface area contributed by atoms with Crippen molar-refractivity contribution in [2.24, 2.45) is 0 Å². The van der Waals surface area contributed by atoms with Crippen LogP contribution in [-0.4, -0.2) is 36.3 Å². The van der Waals surface area contributed by atoms with Crippen LogP contribution >= 0.6 is 0 Å². The fourth-order valence-corrected chi connectivity index (χ4v) is 1.93. The standard InChI is InChI=1S/3C7H9NO.2CH4/c1-9-6-7-2-4-8-5-3-7;1-9-6-7-3-2-4-8-5-7;1-9-6-7-4-2-3-5-8-7;;/h3*2-5H,6H2,1H3;2*1H4. The van der Waals surface area contributed by atoms with Gasteiger partial charge in [-0.1, -0.05) is 27.0 Å². The lowest BCUT2D eigenvalue weighted by Crippen LogP contribution is -1.88. The number of rotatable bonds is 6. The van der Waals surface area contributed by atoms with Gasteiger partial charge in [0, 0.05) is 52.3 Å². The fourth-order valence-electron chi connectivity index (χ4n) is 1.93. The Morgan fingerprint density at radius 1 is 0.621 bits per heavy atom. The van der Waals surface area contributed by atoms with Crippen LogP contribution in [0.2, 0.25) is 0 Å². The van der Waals surface area contributed by atoms with Gasteiger partial charge in [0.2, 0.25) is 0 Å². The number of nitrogens with zero attached hydrogens (tertiary/aromatic N) is 3. The summed E-state index contributed by atoms with van der Waals surface area (Å²) in [7, 11) is 5.02. The highest BCUT2D eigenvalue weighted by Gasteiger charge is 1.87. The minimum absolute atomic E-state index is 0. The Labute approximate surface area is 175 Å². The first kappa shape index (κ1) is 28.5. The van der Waals surface area contributed by atoms with Crippen molar-refractivity contribution < 1.29 is 14.2 Å². The summed E-state index contributed by atoms with van der Waals surface area (Å²) in [5, 5.41) is 0. The minimum Gasteiger partial charge on any atom is -0.380 e. The molecule has 0 atom stereocenters. The molecule has 0 radical (unpaired) electrons. The fraction of sp³-hybridized carbons (Fsp3) is 0.348. The van der Waals surface area contributed by atoms with E-state index in [4.69, 9.17) is 14.2 Å². The summed E-state index contributed by atoms with van der Waals surface area (Å²) in [5.41, 5.74) is 3.24. The SMILES string of the molecule is C.C.COCc1ccccn1.COCc1cccnc1.COCc1ccncc1. The lowest BCUT2D eigenvalue weighted by Gasteiger charge is -1.94. The highest BCUT2D eigenvalue weighted by atomic mass is 16.5. The molecule has 0 aliphatic heterocycles. The normalized spacial score (nSPS) is 8.79. The van der Waals surface area contributed by atoms with Crippen LogP contribution < -0.4 is 0 Å². The van der Waals surface area contributed by atoms with Gasteiger partial charge in [0.1, 0.15) is 0 Å². The van der Waals surface area contributed by atoms with Gasteiger partial charge in [-0.2, -0.15) is 0 Å². The molecule has 3 heterocycles. The maximum atomic E-state index is 4.90. The topological polar surface area (TPSA) is 66.4 Å². The zero-order chi connectivity index (χ0) is 19.6. The van der Waals surface area contributed by atoms with Gasteiger partial charge in [0.15, 0.2) is 0 Å². The van der Waals surface area contributed by atoms with E-state index in [1.165, 1.54) is 0 Å². The largest absolute Gasteiger partial charge is 0.380 e. The minimum atomic E-state index is 0. The predicted molar refractivity (Wildman–Crippen MR) is 118 cm³/mol. The van der Waals surface area contributed by atoms with Crippen molar-refractivity contribution in [1.29, 1.82) is 0 Å². The molecular weight excluding hydrogens is 366 g/mol. The number of pyridine rings is 3. The summed E-state index contributed by atoms with van der Waals surface area (Å²) in [5.74, 6) is 0. The molecular formula is C23H35N3O3. The maximum Gasteiger partial charge on any atom is 0.0884 e. The Bertz CT molecular complexity index is 585. The van der Waals surface area contributed by atoms with Crippen LogP contribution in [0.3, 0.4) is 0 Å². The molecule has 3 rings (SSSR count). The Kier molecular flexibility index (Phi) is 19.8. The second-order valence-corrected chi connectivity index (χ2v) is 5.34. The van der Waals surface area contributed by atoms with Crippen molar-refractivity contribution in [3.05, 3.63) is 90.3 Å². The summed E-state index contributed by atoms with van der Waals surface area (Å²) in [6.07, 6.45) is 8.82. The number of methoxy groups -OCH3 is 3.